The van der Waals surface area contributed by atoms with Gasteiger partial charge in [0.2, 0.25) is 0 Å². The van der Waals surface area contributed by atoms with Crippen LogP contribution in [0.2, 0.25) is 0 Å². The molecule has 0 N–H and O–H groups in total. The fourth-order valence-electron chi connectivity index (χ4n) is 1.42. The molecule has 0 saturated carbocycles. The van der Waals surface area contributed by atoms with Gasteiger partial charge in [0.1, 0.15) is 5.72 Å². The van der Waals surface area contributed by atoms with Crippen LogP contribution in [0.15, 0.2) is 0 Å². The number of hydrogen-bond acceptors (Lipinski definition) is 2. The molecule has 0 aliphatic carbocycles. The van der Waals surface area contributed by atoms with E-state index in [1.54, 1.807) is 0 Å². The van der Waals surface area contributed by atoms with Crippen LogP contribution in [0.5, 0.6) is 0 Å². The Kier molecular flexibility index (Phi) is 0.746. The van der Waals surface area contributed by atoms with Gasteiger partial charge in [-0.05, 0) is 7.05 Å². The fraction of sp³-hybridized carbons (Fsp3) is 1.00. The van der Waals surface area contributed by atoms with Crippen LogP contribution >= 0.6 is 0 Å². The highest BCUT2D eigenvalue weighted by Crippen LogP contribution is 2.39. The van der Waals surface area contributed by atoms with Crippen LogP contribution in [0.4, 0.5) is 0 Å². The molecule has 0 amide bonds. The number of ether oxygens (including phenoxy) is 1. The molecule has 2 rings (SSSR count). The Morgan fingerprint density at radius 2 is 2.25 bits per heavy atom. The van der Waals surface area contributed by atoms with E-state index in [1.165, 1.54) is 19.4 Å². The van der Waals surface area contributed by atoms with Gasteiger partial charge in [0.05, 0.1) is 6.61 Å². The Hall–Kier alpha value is -0.0800. The quantitative estimate of drug-likeness (QED) is 0.452. The van der Waals surface area contributed by atoms with Crippen molar-refractivity contribution in [1.29, 1.82) is 0 Å². The van der Waals surface area contributed by atoms with E-state index in [-0.39, 0.29) is 5.72 Å². The van der Waals surface area contributed by atoms with E-state index in [4.69, 9.17) is 4.74 Å². The third-order valence-corrected chi connectivity index (χ3v) is 2.40. The molecule has 1 spiro atoms. The zero-order chi connectivity index (χ0) is 5.61. The van der Waals surface area contributed by atoms with E-state index >= 15 is 0 Å². The largest absolute Gasteiger partial charge is 0.360 e. The number of likely N-dealkylation sites (tertiary alicyclic amines) is 1. The van der Waals surface area contributed by atoms with E-state index in [0.717, 1.165) is 6.61 Å². The van der Waals surface area contributed by atoms with Crippen molar-refractivity contribution in [1.82, 2.24) is 4.90 Å². The monoisotopic (exact) mass is 113 g/mol. The summed E-state index contributed by atoms with van der Waals surface area (Å²) >= 11 is 0. The maximum atomic E-state index is 5.39. The molecule has 0 radical (unpaired) electrons. The van der Waals surface area contributed by atoms with Gasteiger partial charge in [0.15, 0.2) is 0 Å². The lowest BCUT2D eigenvalue weighted by Crippen LogP contribution is -2.65. The molecule has 0 bridgehead atoms. The van der Waals surface area contributed by atoms with E-state index in [0.29, 0.717) is 0 Å². The van der Waals surface area contributed by atoms with Gasteiger partial charge >= 0.3 is 0 Å². The summed E-state index contributed by atoms with van der Waals surface area (Å²) in [4.78, 5) is 2.29. The minimum atomic E-state index is 0.236. The lowest BCUT2D eigenvalue weighted by Gasteiger charge is -2.56. The minimum Gasteiger partial charge on any atom is -0.360 e. The first-order chi connectivity index (χ1) is 3.83. The molecule has 2 fully saturated rings. The Bertz CT molecular complexity index is 104. The summed E-state index contributed by atoms with van der Waals surface area (Å²) in [6.45, 7) is 2.20. The first-order valence-corrected chi connectivity index (χ1v) is 3.19. The van der Waals surface area contributed by atoms with Crippen molar-refractivity contribution in [3.05, 3.63) is 0 Å². The first-order valence-electron chi connectivity index (χ1n) is 3.19. The number of rotatable bonds is 0. The predicted octanol–water partition coefficient (Wildman–Crippen LogP) is 0.439. The third-order valence-electron chi connectivity index (χ3n) is 2.40. The average molecular weight is 113 g/mol. The third kappa shape index (κ3) is 0.361. The summed E-state index contributed by atoms with van der Waals surface area (Å²) in [5.41, 5.74) is 0.236. The first kappa shape index (κ1) is 4.77. The Morgan fingerprint density at radius 3 is 2.25 bits per heavy atom. The van der Waals surface area contributed by atoms with Crippen molar-refractivity contribution in [3.8, 4) is 0 Å². The van der Waals surface area contributed by atoms with Gasteiger partial charge in [-0.1, -0.05) is 0 Å². The summed E-state index contributed by atoms with van der Waals surface area (Å²) in [7, 11) is 2.13. The highest BCUT2D eigenvalue weighted by atomic mass is 16.5. The molecule has 46 valence electrons. The molecular formula is C6H11NO. The highest BCUT2D eigenvalue weighted by Gasteiger charge is 2.48. The smallest absolute Gasteiger partial charge is 0.124 e. The molecule has 0 aromatic heterocycles. The molecule has 8 heavy (non-hydrogen) atoms. The topological polar surface area (TPSA) is 12.5 Å². The predicted molar refractivity (Wildman–Crippen MR) is 30.5 cm³/mol. The van der Waals surface area contributed by atoms with Crippen LogP contribution in [0.3, 0.4) is 0 Å². The van der Waals surface area contributed by atoms with Crippen molar-refractivity contribution in [3.63, 3.8) is 0 Å². The van der Waals surface area contributed by atoms with Gasteiger partial charge in [0, 0.05) is 19.4 Å². The maximum absolute atomic E-state index is 5.39. The van der Waals surface area contributed by atoms with Gasteiger partial charge in [0.25, 0.3) is 0 Å². The molecule has 2 heteroatoms. The van der Waals surface area contributed by atoms with E-state index in [9.17, 15) is 0 Å². The normalized spacial score (nSPS) is 46.1. The van der Waals surface area contributed by atoms with Gasteiger partial charge in [-0.2, -0.15) is 0 Å². The minimum absolute atomic E-state index is 0.236. The number of hydrogen-bond donors (Lipinski definition) is 0. The lowest BCUT2D eigenvalue weighted by molar-refractivity contribution is -0.281. The van der Waals surface area contributed by atoms with Crippen LogP contribution in [0.25, 0.3) is 0 Å². The van der Waals surface area contributed by atoms with E-state index in [2.05, 4.69) is 11.9 Å². The van der Waals surface area contributed by atoms with Crippen molar-refractivity contribution in [2.45, 2.75) is 18.6 Å². The fourth-order valence-corrected chi connectivity index (χ4v) is 1.42. The van der Waals surface area contributed by atoms with Crippen molar-refractivity contribution < 1.29 is 4.74 Å². The zero-order valence-corrected chi connectivity index (χ0v) is 5.18. The molecule has 2 heterocycles. The average Bonchev–Trinajstić information content (AvgIpc) is 1.58. The maximum Gasteiger partial charge on any atom is 0.124 e. The molecule has 2 saturated heterocycles. The van der Waals surface area contributed by atoms with Crippen molar-refractivity contribution in [2.75, 3.05) is 20.2 Å². The SMILES string of the molecule is CN1CCC12CCO2. The van der Waals surface area contributed by atoms with E-state index in [1.807, 2.05) is 0 Å². The summed E-state index contributed by atoms with van der Waals surface area (Å²) in [6.07, 6.45) is 2.51. The van der Waals surface area contributed by atoms with Gasteiger partial charge < -0.3 is 4.74 Å². The second kappa shape index (κ2) is 1.25. The molecule has 2 nitrogen and oxygen atoms in total. The zero-order valence-electron chi connectivity index (χ0n) is 5.18. The molecule has 2 aliphatic rings. The molecular weight excluding hydrogens is 102 g/mol. The lowest BCUT2D eigenvalue weighted by atomic mass is 9.91. The summed E-state index contributed by atoms with van der Waals surface area (Å²) in [6, 6.07) is 0. The summed E-state index contributed by atoms with van der Waals surface area (Å²) < 4.78 is 5.39. The number of nitrogens with zero attached hydrogens (tertiary/aromatic N) is 1. The van der Waals surface area contributed by atoms with Crippen LogP contribution in [0.1, 0.15) is 12.8 Å². The van der Waals surface area contributed by atoms with Crippen LogP contribution in [0, 0.1) is 0 Å². The summed E-state index contributed by atoms with van der Waals surface area (Å²) in [5, 5.41) is 0. The molecule has 1 unspecified atom stereocenters. The van der Waals surface area contributed by atoms with Gasteiger partial charge in [-0.3, -0.25) is 4.90 Å². The van der Waals surface area contributed by atoms with Crippen molar-refractivity contribution in [2.24, 2.45) is 0 Å². The summed E-state index contributed by atoms with van der Waals surface area (Å²) in [5.74, 6) is 0. The highest BCUT2D eigenvalue weighted by molar-refractivity contribution is 4.94. The molecule has 1 atom stereocenters. The molecule has 0 aromatic carbocycles. The van der Waals surface area contributed by atoms with E-state index < -0.39 is 0 Å². The Morgan fingerprint density at radius 1 is 1.50 bits per heavy atom. The van der Waals surface area contributed by atoms with Crippen LogP contribution in [-0.4, -0.2) is 30.8 Å². The second-order valence-electron chi connectivity index (χ2n) is 2.72. The van der Waals surface area contributed by atoms with Gasteiger partial charge in [-0.25, -0.2) is 0 Å². The van der Waals surface area contributed by atoms with Crippen LogP contribution < -0.4 is 0 Å². The Balaban J connectivity index is 2.03. The standard InChI is InChI=1S/C6H11NO/c1-7-4-2-6(7)3-5-8-6/h2-5H2,1H3. The second-order valence-corrected chi connectivity index (χ2v) is 2.72. The molecule has 2 aliphatic heterocycles. The molecule has 0 aromatic rings. The Labute approximate surface area is 49.4 Å². The van der Waals surface area contributed by atoms with Gasteiger partial charge in [-0.15, -0.1) is 0 Å². The van der Waals surface area contributed by atoms with Crippen LogP contribution in [-0.2, 0) is 4.74 Å². The van der Waals surface area contributed by atoms with Crippen molar-refractivity contribution >= 4 is 0 Å².